The Balaban J connectivity index is 2.37. The molecule has 0 saturated heterocycles. The number of benzene rings is 1. The summed E-state index contributed by atoms with van der Waals surface area (Å²) >= 11 is 0. The lowest BCUT2D eigenvalue weighted by Gasteiger charge is -2.11. The molecule has 110 valence electrons. The number of nitro groups is 1. The van der Waals surface area contributed by atoms with E-state index in [1.165, 1.54) is 12.3 Å². The number of aliphatic hydroxyl groups excluding tert-OH is 1. The van der Waals surface area contributed by atoms with Gasteiger partial charge in [0.25, 0.3) is 5.69 Å². The van der Waals surface area contributed by atoms with Crippen LogP contribution >= 0.6 is 0 Å². The van der Waals surface area contributed by atoms with Crippen LogP contribution in [0.15, 0.2) is 30.5 Å². The zero-order valence-electron chi connectivity index (χ0n) is 12.0. The van der Waals surface area contributed by atoms with Gasteiger partial charge in [0.15, 0.2) is 0 Å². The van der Waals surface area contributed by atoms with Crippen LogP contribution in [0, 0.1) is 24.0 Å². The fraction of sp³-hybridized carbons (Fsp3) is 0.267. The third-order valence-corrected chi connectivity index (χ3v) is 3.15. The summed E-state index contributed by atoms with van der Waals surface area (Å²) in [6.07, 6.45) is 0.888. The van der Waals surface area contributed by atoms with Crippen LogP contribution in [0.3, 0.4) is 0 Å². The van der Waals surface area contributed by atoms with Crippen molar-refractivity contribution in [1.82, 2.24) is 4.98 Å². The van der Waals surface area contributed by atoms with Gasteiger partial charge in [-0.15, -0.1) is 0 Å². The molecule has 1 atom stereocenters. The molecule has 0 bridgehead atoms. The summed E-state index contributed by atoms with van der Waals surface area (Å²) in [6.45, 7) is 5.13. The van der Waals surface area contributed by atoms with Crippen molar-refractivity contribution >= 4 is 5.69 Å². The SMILES string of the molecule is Cc1cc(C)c([N+](=O)[O-])cc1Oc1cc([C@@H](C)O)ccn1. The van der Waals surface area contributed by atoms with Gasteiger partial charge in [-0.25, -0.2) is 4.98 Å². The topological polar surface area (TPSA) is 85.5 Å². The van der Waals surface area contributed by atoms with Gasteiger partial charge >= 0.3 is 0 Å². The Labute approximate surface area is 122 Å². The van der Waals surface area contributed by atoms with E-state index in [9.17, 15) is 15.2 Å². The third-order valence-electron chi connectivity index (χ3n) is 3.15. The van der Waals surface area contributed by atoms with Crippen molar-refractivity contribution in [2.24, 2.45) is 0 Å². The minimum absolute atomic E-state index is 0.00211. The van der Waals surface area contributed by atoms with Crippen molar-refractivity contribution < 1.29 is 14.8 Å². The molecule has 0 saturated carbocycles. The first kappa shape index (κ1) is 14.9. The van der Waals surface area contributed by atoms with E-state index in [1.54, 1.807) is 32.0 Å². The number of hydrogen-bond donors (Lipinski definition) is 1. The van der Waals surface area contributed by atoms with Gasteiger partial charge in [0, 0.05) is 17.8 Å². The minimum atomic E-state index is -0.635. The molecule has 1 aromatic heterocycles. The summed E-state index contributed by atoms with van der Waals surface area (Å²) in [5.74, 6) is 0.664. The summed E-state index contributed by atoms with van der Waals surface area (Å²) in [6, 6.07) is 6.38. The van der Waals surface area contributed by atoms with Crippen molar-refractivity contribution in [1.29, 1.82) is 0 Å². The van der Waals surface area contributed by atoms with E-state index in [4.69, 9.17) is 4.74 Å². The Bertz CT molecular complexity index is 683. The Kier molecular flexibility index (Phi) is 4.18. The average molecular weight is 288 g/mol. The van der Waals surface area contributed by atoms with Crippen LogP contribution in [0.2, 0.25) is 0 Å². The summed E-state index contributed by atoms with van der Waals surface area (Å²) < 4.78 is 5.62. The van der Waals surface area contributed by atoms with Crippen LogP contribution in [-0.4, -0.2) is 15.0 Å². The Morgan fingerprint density at radius 2 is 2.00 bits per heavy atom. The van der Waals surface area contributed by atoms with Crippen LogP contribution < -0.4 is 4.74 Å². The molecule has 1 heterocycles. The van der Waals surface area contributed by atoms with Crippen LogP contribution in [0.5, 0.6) is 11.6 Å². The number of aromatic nitrogens is 1. The van der Waals surface area contributed by atoms with Gasteiger partial charge in [-0.1, -0.05) is 0 Å². The highest BCUT2D eigenvalue weighted by molar-refractivity contribution is 5.50. The van der Waals surface area contributed by atoms with E-state index >= 15 is 0 Å². The number of pyridine rings is 1. The molecule has 2 rings (SSSR count). The second kappa shape index (κ2) is 5.88. The first-order valence-electron chi connectivity index (χ1n) is 6.46. The van der Waals surface area contributed by atoms with Gasteiger partial charge in [0.2, 0.25) is 5.88 Å². The molecule has 0 radical (unpaired) electrons. The highest BCUT2D eigenvalue weighted by Crippen LogP contribution is 2.31. The van der Waals surface area contributed by atoms with Gasteiger partial charge < -0.3 is 9.84 Å². The maximum atomic E-state index is 11.0. The van der Waals surface area contributed by atoms with Crippen molar-refractivity contribution in [2.75, 3.05) is 0 Å². The van der Waals surface area contributed by atoms with E-state index in [0.717, 1.165) is 5.56 Å². The minimum Gasteiger partial charge on any atom is -0.438 e. The Morgan fingerprint density at radius 3 is 2.62 bits per heavy atom. The molecule has 21 heavy (non-hydrogen) atoms. The van der Waals surface area contributed by atoms with Crippen molar-refractivity contribution in [2.45, 2.75) is 26.9 Å². The standard InChI is InChI=1S/C15H16N2O4/c1-9-6-10(2)14(8-13(9)17(19)20)21-15-7-12(11(3)18)4-5-16-15/h4-8,11,18H,1-3H3/t11-/m1/s1. The van der Waals surface area contributed by atoms with Gasteiger partial charge in [0.05, 0.1) is 17.1 Å². The smallest absolute Gasteiger partial charge is 0.276 e. The molecule has 0 aliphatic carbocycles. The summed E-state index contributed by atoms with van der Waals surface area (Å²) in [5.41, 5.74) is 2.03. The van der Waals surface area contributed by atoms with E-state index in [2.05, 4.69) is 4.98 Å². The molecule has 0 aliphatic rings. The van der Waals surface area contributed by atoms with Crippen LogP contribution in [0.25, 0.3) is 0 Å². The molecule has 0 amide bonds. The molecule has 0 aliphatic heterocycles. The number of ether oxygens (including phenoxy) is 1. The molecular formula is C15H16N2O4. The summed E-state index contributed by atoms with van der Waals surface area (Å²) in [7, 11) is 0. The fourth-order valence-corrected chi connectivity index (χ4v) is 1.98. The van der Waals surface area contributed by atoms with Crippen molar-refractivity contribution in [3.63, 3.8) is 0 Å². The van der Waals surface area contributed by atoms with Gasteiger partial charge in [0.1, 0.15) is 5.75 Å². The predicted molar refractivity (Wildman–Crippen MR) is 77.5 cm³/mol. The zero-order valence-corrected chi connectivity index (χ0v) is 12.0. The third kappa shape index (κ3) is 3.35. The Morgan fingerprint density at radius 1 is 1.29 bits per heavy atom. The lowest BCUT2D eigenvalue weighted by Crippen LogP contribution is -1.97. The molecular weight excluding hydrogens is 272 g/mol. The quantitative estimate of drug-likeness (QED) is 0.688. The van der Waals surface area contributed by atoms with Gasteiger partial charge in [-0.2, -0.15) is 0 Å². The van der Waals surface area contributed by atoms with Crippen molar-refractivity contribution in [3.8, 4) is 11.6 Å². The first-order chi connectivity index (χ1) is 9.88. The molecule has 1 N–H and O–H groups in total. The van der Waals surface area contributed by atoms with Gasteiger partial charge in [-0.05, 0) is 44.0 Å². The number of nitro benzene ring substituents is 1. The number of aliphatic hydroxyl groups is 1. The second-order valence-electron chi connectivity index (χ2n) is 4.87. The number of nitrogens with zero attached hydrogens (tertiary/aromatic N) is 2. The zero-order chi connectivity index (χ0) is 15.6. The second-order valence-corrected chi connectivity index (χ2v) is 4.87. The van der Waals surface area contributed by atoms with E-state index in [1.807, 2.05) is 6.92 Å². The van der Waals surface area contributed by atoms with Crippen LogP contribution in [0.1, 0.15) is 29.7 Å². The highest BCUT2D eigenvalue weighted by Gasteiger charge is 2.15. The number of rotatable bonds is 4. The first-order valence-corrected chi connectivity index (χ1v) is 6.46. The molecule has 0 unspecified atom stereocenters. The summed E-state index contributed by atoms with van der Waals surface area (Å²) in [5, 5.41) is 20.5. The average Bonchev–Trinajstić information content (AvgIpc) is 2.41. The summed E-state index contributed by atoms with van der Waals surface area (Å²) in [4.78, 5) is 14.6. The lowest BCUT2D eigenvalue weighted by atomic mass is 10.1. The molecule has 1 aromatic carbocycles. The Hall–Kier alpha value is -2.47. The molecule has 0 spiro atoms. The predicted octanol–water partition coefficient (Wildman–Crippen LogP) is 3.45. The van der Waals surface area contributed by atoms with E-state index < -0.39 is 11.0 Å². The lowest BCUT2D eigenvalue weighted by molar-refractivity contribution is -0.385. The molecule has 0 fully saturated rings. The van der Waals surface area contributed by atoms with Crippen molar-refractivity contribution in [3.05, 3.63) is 57.3 Å². The van der Waals surface area contributed by atoms with Crippen LogP contribution in [-0.2, 0) is 0 Å². The number of hydrogen-bond acceptors (Lipinski definition) is 5. The normalized spacial score (nSPS) is 12.0. The van der Waals surface area contributed by atoms with E-state index in [0.29, 0.717) is 16.9 Å². The molecule has 2 aromatic rings. The maximum Gasteiger partial charge on any atom is 0.276 e. The molecule has 6 heteroatoms. The largest absolute Gasteiger partial charge is 0.438 e. The highest BCUT2D eigenvalue weighted by atomic mass is 16.6. The monoisotopic (exact) mass is 288 g/mol. The molecule has 6 nitrogen and oxygen atoms in total. The van der Waals surface area contributed by atoms with Crippen LogP contribution in [0.4, 0.5) is 5.69 Å². The van der Waals surface area contributed by atoms with Gasteiger partial charge in [-0.3, -0.25) is 10.1 Å². The van der Waals surface area contributed by atoms with E-state index in [-0.39, 0.29) is 11.6 Å². The fourth-order valence-electron chi connectivity index (χ4n) is 1.98. The number of aryl methyl sites for hydroxylation is 2. The maximum absolute atomic E-state index is 11.0.